The van der Waals surface area contributed by atoms with Gasteiger partial charge in [0.15, 0.2) is 0 Å². The van der Waals surface area contributed by atoms with E-state index in [-0.39, 0.29) is 5.97 Å². The first kappa shape index (κ1) is 14.0. The number of carbonyl (C=O) groups excluding carboxylic acids is 1. The van der Waals surface area contributed by atoms with E-state index in [1.807, 2.05) is 6.20 Å². The number of hydrogen-bond acceptors (Lipinski definition) is 3. The third-order valence-electron chi connectivity index (χ3n) is 2.22. The number of nitrogens with zero attached hydrogens (tertiary/aromatic N) is 1. The molecule has 3 heteroatoms. The van der Waals surface area contributed by atoms with E-state index in [1.165, 1.54) is 26.0 Å². The average molecular weight is 213 g/mol. The minimum Gasteiger partial charge on any atom is -0.466 e. The minimum absolute atomic E-state index is 0.284. The highest BCUT2D eigenvalue weighted by atomic mass is 16.5. The maximum absolute atomic E-state index is 10.9. The summed E-state index contributed by atoms with van der Waals surface area (Å²) in [5.74, 6) is -0.284. The highest BCUT2D eigenvalue weighted by Gasteiger charge is 1.99. The molecule has 0 saturated carbocycles. The van der Waals surface area contributed by atoms with Gasteiger partial charge in [-0.25, -0.2) is 4.79 Å². The minimum atomic E-state index is -0.284. The van der Waals surface area contributed by atoms with Crippen molar-refractivity contribution in [3.8, 4) is 0 Å². The Labute approximate surface area is 93.1 Å². The standard InChI is InChI=1S/C12H23NO2/c1-4-6-9-13(10-7-5-2)11-8-12(14)15-3/h8,11H,4-7,9-10H2,1-3H3. The zero-order chi connectivity index (χ0) is 11.5. The zero-order valence-electron chi connectivity index (χ0n) is 10.2. The van der Waals surface area contributed by atoms with Crippen molar-refractivity contribution < 1.29 is 9.53 Å². The van der Waals surface area contributed by atoms with Crippen LogP contribution >= 0.6 is 0 Å². The van der Waals surface area contributed by atoms with Crippen LogP contribution in [0.15, 0.2) is 12.3 Å². The molecule has 0 aromatic rings. The van der Waals surface area contributed by atoms with Crippen molar-refractivity contribution in [3.63, 3.8) is 0 Å². The van der Waals surface area contributed by atoms with E-state index in [9.17, 15) is 4.79 Å². The molecule has 0 amide bonds. The van der Waals surface area contributed by atoms with Gasteiger partial charge in [0.2, 0.25) is 0 Å². The molecule has 0 atom stereocenters. The van der Waals surface area contributed by atoms with E-state index in [0.29, 0.717) is 0 Å². The summed E-state index contributed by atoms with van der Waals surface area (Å²) in [7, 11) is 1.40. The van der Waals surface area contributed by atoms with Gasteiger partial charge in [-0.15, -0.1) is 0 Å². The van der Waals surface area contributed by atoms with Crippen LogP contribution < -0.4 is 0 Å². The first-order chi connectivity index (χ1) is 7.24. The fourth-order valence-corrected chi connectivity index (χ4v) is 1.22. The highest BCUT2D eigenvalue weighted by molar-refractivity contribution is 5.81. The van der Waals surface area contributed by atoms with E-state index in [0.717, 1.165) is 25.9 Å². The first-order valence-electron chi connectivity index (χ1n) is 5.74. The fraction of sp³-hybridized carbons (Fsp3) is 0.750. The summed E-state index contributed by atoms with van der Waals surface area (Å²) in [6, 6.07) is 0. The van der Waals surface area contributed by atoms with Gasteiger partial charge in [-0.3, -0.25) is 0 Å². The van der Waals surface area contributed by atoms with Gasteiger partial charge in [0.25, 0.3) is 0 Å². The van der Waals surface area contributed by atoms with Crippen molar-refractivity contribution in [1.29, 1.82) is 0 Å². The Hall–Kier alpha value is -0.990. The first-order valence-corrected chi connectivity index (χ1v) is 5.74. The number of carbonyl (C=O) groups is 1. The van der Waals surface area contributed by atoms with Crippen molar-refractivity contribution in [2.24, 2.45) is 0 Å². The summed E-state index contributed by atoms with van der Waals surface area (Å²) in [4.78, 5) is 13.1. The Bertz CT molecular complexity index is 182. The highest BCUT2D eigenvalue weighted by Crippen LogP contribution is 2.00. The molecule has 0 spiro atoms. The summed E-state index contributed by atoms with van der Waals surface area (Å²) in [6.45, 7) is 6.37. The molecule has 15 heavy (non-hydrogen) atoms. The van der Waals surface area contributed by atoms with E-state index >= 15 is 0 Å². The summed E-state index contributed by atoms with van der Waals surface area (Å²) in [5.41, 5.74) is 0. The zero-order valence-corrected chi connectivity index (χ0v) is 10.2. The molecule has 0 aromatic heterocycles. The molecule has 88 valence electrons. The van der Waals surface area contributed by atoms with Crippen LogP contribution in [0.25, 0.3) is 0 Å². The molecule has 0 fully saturated rings. The van der Waals surface area contributed by atoms with E-state index < -0.39 is 0 Å². The van der Waals surface area contributed by atoms with E-state index in [2.05, 4.69) is 23.5 Å². The van der Waals surface area contributed by atoms with Gasteiger partial charge in [-0.2, -0.15) is 0 Å². The molecular formula is C12H23NO2. The van der Waals surface area contributed by atoms with Crippen LogP contribution in [-0.4, -0.2) is 31.1 Å². The number of methoxy groups -OCH3 is 1. The fourth-order valence-electron chi connectivity index (χ4n) is 1.22. The maximum Gasteiger partial charge on any atom is 0.331 e. The lowest BCUT2D eigenvalue weighted by atomic mass is 10.3. The van der Waals surface area contributed by atoms with Crippen LogP contribution in [0, 0.1) is 0 Å². The smallest absolute Gasteiger partial charge is 0.331 e. The average Bonchev–Trinajstić information content (AvgIpc) is 2.27. The van der Waals surface area contributed by atoms with Gasteiger partial charge >= 0.3 is 5.97 Å². The predicted molar refractivity (Wildman–Crippen MR) is 62.5 cm³/mol. The monoisotopic (exact) mass is 213 g/mol. The second-order valence-corrected chi connectivity index (χ2v) is 3.58. The molecule has 0 aromatic carbocycles. The Kier molecular flexibility index (Phi) is 8.93. The quantitative estimate of drug-likeness (QED) is 0.458. The second-order valence-electron chi connectivity index (χ2n) is 3.58. The van der Waals surface area contributed by atoms with Crippen molar-refractivity contribution >= 4 is 5.97 Å². The molecule has 0 rings (SSSR count). The van der Waals surface area contributed by atoms with Crippen LogP contribution in [0.1, 0.15) is 39.5 Å². The summed E-state index contributed by atoms with van der Waals surface area (Å²) in [6.07, 6.45) is 8.01. The molecule has 0 aliphatic heterocycles. The lowest BCUT2D eigenvalue weighted by Gasteiger charge is -2.19. The molecule has 0 unspecified atom stereocenters. The van der Waals surface area contributed by atoms with Gasteiger partial charge in [0, 0.05) is 25.4 Å². The molecule has 0 saturated heterocycles. The van der Waals surface area contributed by atoms with Gasteiger partial charge in [-0.05, 0) is 12.8 Å². The van der Waals surface area contributed by atoms with Gasteiger partial charge in [-0.1, -0.05) is 26.7 Å². The Morgan fingerprint density at radius 2 is 1.73 bits per heavy atom. The molecule has 0 aliphatic rings. The largest absolute Gasteiger partial charge is 0.466 e. The molecule has 0 radical (unpaired) electrons. The molecule has 0 bridgehead atoms. The van der Waals surface area contributed by atoms with Crippen molar-refractivity contribution in [1.82, 2.24) is 4.90 Å². The van der Waals surface area contributed by atoms with Crippen LogP contribution in [-0.2, 0) is 9.53 Å². The summed E-state index contributed by atoms with van der Waals surface area (Å²) >= 11 is 0. The normalized spacial score (nSPS) is 10.6. The van der Waals surface area contributed by atoms with Crippen LogP contribution in [0.2, 0.25) is 0 Å². The molecule has 0 N–H and O–H groups in total. The molecule has 3 nitrogen and oxygen atoms in total. The molecule has 0 heterocycles. The van der Waals surface area contributed by atoms with E-state index in [1.54, 1.807) is 0 Å². The van der Waals surface area contributed by atoms with Gasteiger partial charge < -0.3 is 9.64 Å². The Morgan fingerprint density at radius 3 is 2.13 bits per heavy atom. The molecule has 0 aliphatic carbocycles. The van der Waals surface area contributed by atoms with Gasteiger partial charge in [0.05, 0.1) is 7.11 Å². The summed E-state index contributed by atoms with van der Waals surface area (Å²) in [5, 5.41) is 0. The number of esters is 1. The van der Waals surface area contributed by atoms with E-state index in [4.69, 9.17) is 0 Å². The van der Waals surface area contributed by atoms with Crippen LogP contribution in [0.5, 0.6) is 0 Å². The Morgan fingerprint density at radius 1 is 1.20 bits per heavy atom. The Balaban J connectivity index is 3.98. The SMILES string of the molecule is CCCCN(C=CC(=O)OC)CCCC. The number of ether oxygens (including phenoxy) is 1. The third kappa shape index (κ3) is 8.03. The summed E-state index contributed by atoms with van der Waals surface area (Å²) < 4.78 is 4.56. The predicted octanol–water partition coefficient (Wildman–Crippen LogP) is 2.58. The van der Waals surface area contributed by atoms with Crippen molar-refractivity contribution in [3.05, 3.63) is 12.3 Å². The van der Waals surface area contributed by atoms with Crippen molar-refractivity contribution in [2.75, 3.05) is 20.2 Å². The molecular weight excluding hydrogens is 190 g/mol. The lowest BCUT2D eigenvalue weighted by Crippen LogP contribution is -2.20. The van der Waals surface area contributed by atoms with Crippen molar-refractivity contribution in [2.45, 2.75) is 39.5 Å². The topological polar surface area (TPSA) is 29.5 Å². The van der Waals surface area contributed by atoms with Crippen LogP contribution in [0.4, 0.5) is 0 Å². The number of unbranched alkanes of at least 4 members (excludes halogenated alkanes) is 2. The maximum atomic E-state index is 10.9. The van der Waals surface area contributed by atoms with Gasteiger partial charge in [0.1, 0.15) is 0 Å². The lowest BCUT2D eigenvalue weighted by molar-refractivity contribution is -0.134. The van der Waals surface area contributed by atoms with Crippen LogP contribution in [0.3, 0.4) is 0 Å². The number of hydrogen-bond donors (Lipinski definition) is 0. The third-order valence-corrected chi connectivity index (χ3v) is 2.22. The second kappa shape index (κ2) is 9.56. The number of rotatable bonds is 8.